The number of rotatable bonds is 5. The summed E-state index contributed by atoms with van der Waals surface area (Å²) < 4.78 is 13.3. The van der Waals surface area contributed by atoms with Crippen LogP contribution >= 0.6 is 11.6 Å². The number of hydrogen-bond donors (Lipinski definition) is 4. The van der Waals surface area contributed by atoms with Gasteiger partial charge in [-0.25, -0.2) is 19.2 Å². The van der Waals surface area contributed by atoms with Crippen molar-refractivity contribution in [3.63, 3.8) is 0 Å². The number of oxime groups is 1. The summed E-state index contributed by atoms with van der Waals surface area (Å²) in [6.45, 7) is 0.248. The van der Waals surface area contributed by atoms with Gasteiger partial charge >= 0.3 is 6.09 Å². The van der Waals surface area contributed by atoms with Crippen LogP contribution in [0, 0.1) is 5.82 Å². The van der Waals surface area contributed by atoms with Gasteiger partial charge in [0, 0.05) is 37.5 Å². The van der Waals surface area contributed by atoms with Crippen molar-refractivity contribution in [2.24, 2.45) is 5.16 Å². The molecule has 3 aromatic rings. The van der Waals surface area contributed by atoms with E-state index in [0.29, 0.717) is 34.7 Å². The molecule has 1 amide bonds. The monoisotopic (exact) mass is 406 g/mol. The molecule has 0 saturated heterocycles. The maximum absolute atomic E-state index is 13.3. The maximum atomic E-state index is 13.3. The van der Waals surface area contributed by atoms with Crippen molar-refractivity contribution >= 4 is 40.4 Å². The molecular weight excluding hydrogens is 391 g/mol. The van der Waals surface area contributed by atoms with Gasteiger partial charge < -0.3 is 25.5 Å². The lowest BCUT2D eigenvalue weighted by Gasteiger charge is -2.11. The number of aromatic nitrogens is 3. The van der Waals surface area contributed by atoms with Crippen LogP contribution in [0.25, 0.3) is 11.2 Å². The number of amidine groups is 1. The van der Waals surface area contributed by atoms with Gasteiger partial charge in [-0.05, 0) is 24.3 Å². The number of carboxylic acid groups (broad SMARTS) is 1. The normalized spacial score (nSPS) is 11.6. The first-order valence-corrected chi connectivity index (χ1v) is 8.49. The van der Waals surface area contributed by atoms with Crippen molar-refractivity contribution in [1.29, 1.82) is 0 Å². The number of hydrogen-bond acceptors (Lipinski definition) is 5. The van der Waals surface area contributed by atoms with E-state index in [2.05, 4.69) is 25.4 Å². The van der Waals surface area contributed by atoms with Crippen LogP contribution in [0.3, 0.4) is 0 Å². The lowest BCUT2D eigenvalue weighted by atomic mass is 10.2. The fraction of sp³-hybridized carbons (Fsp3) is 0.176. The standard InChI is InChI=1S/C17H16ClFN6O3/c1-25(17(26)27)7-5-13-22-14-10(4-6-20-16(14)23-13)15(24-28)21-9-2-3-12(19)11(18)8-9/h2-4,6,8,28H,5,7H2,1H3,(H,21,24)(H,26,27)(H,20,22,23). The lowest BCUT2D eigenvalue weighted by Crippen LogP contribution is -2.27. The molecule has 4 N–H and O–H groups in total. The average molecular weight is 407 g/mol. The van der Waals surface area contributed by atoms with Crippen molar-refractivity contribution in [3.8, 4) is 0 Å². The summed E-state index contributed by atoms with van der Waals surface area (Å²) >= 11 is 5.78. The fourth-order valence-electron chi connectivity index (χ4n) is 2.50. The van der Waals surface area contributed by atoms with Crippen molar-refractivity contribution in [1.82, 2.24) is 19.9 Å². The van der Waals surface area contributed by atoms with Gasteiger partial charge in [-0.2, -0.15) is 0 Å². The first-order valence-electron chi connectivity index (χ1n) is 8.11. The van der Waals surface area contributed by atoms with E-state index in [1.807, 2.05) is 0 Å². The number of pyridine rings is 1. The van der Waals surface area contributed by atoms with Gasteiger partial charge in [0.1, 0.15) is 11.6 Å². The number of aromatic amines is 1. The second-order valence-electron chi connectivity index (χ2n) is 5.90. The van der Waals surface area contributed by atoms with Gasteiger partial charge in [0.2, 0.25) is 0 Å². The van der Waals surface area contributed by atoms with Crippen LogP contribution in [0.15, 0.2) is 35.6 Å². The number of H-pyrrole nitrogens is 1. The molecular formula is C17H16ClFN6O3. The number of fused-ring (bicyclic) bond motifs is 1. The Hall–Kier alpha value is -3.40. The zero-order valence-corrected chi connectivity index (χ0v) is 15.4. The maximum Gasteiger partial charge on any atom is 0.407 e. The SMILES string of the molecule is CN(CCc1nc2nccc(/C(=N\O)Nc3ccc(F)c(Cl)c3)c2[nH]1)C(=O)O. The van der Waals surface area contributed by atoms with E-state index in [-0.39, 0.29) is 17.4 Å². The summed E-state index contributed by atoms with van der Waals surface area (Å²) in [5.41, 5.74) is 1.78. The quantitative estimate of drug-likeness (QED) is 0.223. The van der Waals surface area contributed by atoms with Gasteiger partial charge in [-0.3, -0.25) is 0 Å². The predicted octanol–water partition coefficient (Wildman–Crippen LogP) is 3.15. The van der Waals surface area contributed by atoms with Crippen LogP contribution in [-0.2, 0) is 6.42 Å². The topological polar surface area (TPSA) is 127 Å². The molecule has 146 valence electrons. The lowest BCUT2D eigenvalue weighted by molar-refractivity contribution is 0.156. The first kappa shape index (κ1) is 19.4. The van der Waals surface area contributed by atoms with E-state index < -0.39 is 11.9 Å². The molecule has 0 aliphatic carbocycles. The number of carbonyl (C=O) groups is 1. The number of nitrogens with zero attached hydrogens (tertiary/aromatic N) is 4. The molecule has 3 rings (SSSR count). The van der Waals surface area contributed by atoms with Crippen LogP contribution in [0.4, 0.5) is 14.9 Å². The zero-order chi connectivity index (χ0) is 20.3. The second kappa shape index (κ2) is 8.09. The Morgan fingerprint density at radius 3 is 2.89 bits per heavy atom. The van der Waals surface area contributed by atoms with Crippen LogP contribution in [0.1, 0.15) is 11.4 Å². The van der Waals surface area contributed by atoms with Gasteiger partial charge in [-0.15, -0.1) is 0 Å². The highest BCUT2D eigenvalue weighted by atomic mass is 35.5. The number of benzene rings is 1. The molecule has 0 unspecified atom stereocenters. The molecule has 28 heavy (non-hydrogen) atoms. The first-order chi connectivity index (χ1) is 13.4. The third kappa shape index (κ3) is 4.12. The minimum absolute atomic E-state index is 0.0754. The third-order valence-corrected chi connectivity index (χ3v) is 4.28. The van der Waals surface area contributed by atoms with Gasteiger partial charge in [-0.1, -0.05) is 16.8 Å². The predicted molar refractivity (Wildman–Crippen MR) is 102 cm³/mol. The summed E-state index contributed by atoms with van der Waals surface area (Å²) in [5, 5.41) is 24.4. The van der Waals surface area contributed by atoms with Crippen LogP contribution in [-0.4, -0.2) is 55.7 Å². The van der Waals surface area contributed by atoms with E-state index in [9.17, 15) is 14.4 Å². The largest absolute Gasteiger partial charge is 0.465 e. The number of likely N-dealkylation sites (N-methyl/N-ethyl adjacent to an activating group) is 1. The second-order valence-corrected chi connectivity index (χ2v) is 6.30. The van der Waals surface area contributed by atoms with Gasteiger partial charge in [0.25, 0.3) is 0 Å². The molecule has 1 aromatic carbocycles. The number of nitrogens with one attached hydrogen (secondary N) is 2. The minimum atomic E-state index is -1.04. The smallest absolute Gasteiger partial charge is 0.407 e. The average Bonchev–Trinajstić information content (AvgIpc) is 3.10. The van der Waals surface area contributed by atoms with E-state index in [1.165, 1.54) is 31.4 Å². The summed E-state index contributed by atoms with van der Waals surface area (Å²) in [5.74, 6) is 0.0450. The number of halogens is 2. The Labute approximate surface area is 163 Å². The fourth-order valence-corrected chi connectivity index (χ4v) is 2.68. The molecule has 9 nitrogen and oxygen atoms in total. The van der Waals surface area contributed by atoms with Crippen molar-refractivity contribution in [3.05, 3.63) is 52.7 Å². The van der Waals surface area contributed by atoms with Crippen LogP contribution < -0.4 is 5.32 Å². The molecule has 0 bridgehead atoms. The number of anilines is 1. The zero-order valence-electron chi connectivity index (χ0n) is 14.6. The Bertz CT molecular complexity index is 1050. The highest BCUT2D eigenvalue weighted by molar-refractivity contribution is 6.31. The highest BCUT2D eigenvalue weighted by Gasteiger charge is 2.15. The van der Waals surface area contributed by atoms with E-state index in [0.717, 1.165) is 4.90 Å². The number of amides is 1. The Kier molecular flexibility index (Phi) is 5.59. The molecule has 0 aliphatic heterocycles. The number of imidazole rings is 1. The molecule has 0 radical (unpaired) electrons. The van der Waals surface area contributed by atoms with Gasteiger partial charge in [0.05, 0.1) is 10.5 Å². The van der Waals surface area contributed by atoms with Crippen LogP contribution in [0.5, 0.6) is 0 Å². The molecule has 0 spiro atoms. The minimum Gasteiger partial charge on any atom is -0.465 e. The van der Waals surface area contributed by atoms with E-state index >= 15 is 0 Å². The molecule has 0 aliphatic rings. The molecule has 2 heterocycles. The summed E-state index contributed by atoms with van der Waals surface area (Å²) in [4.78, 5) is 23.6. The van der Waals surface area contributed by atoms with Crippen molar-refractivity contribution in [2.75, 3.05) is 18.9 Å². The van der Waals surface area contributed by atoms with Gasteiger partial charge in [0.15, 0.2) is 11.5 Å². The summed E-state index contributed by atoms with van der Waals surface area (Å²) in [6.07, 6.45) is 0.813. The molecule has 0 saturated carbocycles. The van der Waals surface area contributed by atoms with E-state index in [1.54, 1.807) is 6.07 Å². The van der Waals surface area contributed by atoms with Crippen molar-refractivity contribution in [2.45, 2.75) is 6.42 Å². The molecule has 0 fully saturated rings. The molecule has 11 heteroatoms. The Morgan fingerprint density at radius 2 is 2.21 bits per heavy atom. The summed E-state index contributed by atoms with van der Waals surface area (Å²) in [6, 6.07) is 5.61. The van der Waals surface area contributed by atoms with E-state index in [4.69, 9.17) is 16.7 Å². The van der Waals surface area contributed by atoms with Crippen LogP contribution in [0.2, 0.25) is 5.02 Å². The molecule has 2 aromatic heterocycles. The third-order valence-electron chi connectivity index (χ3n) is 3.99. The Balaban J connectivity index is 1.88. The Morgan fingerprint density at radius 1 is 1.43 bits per heavy atom. The van der Waals surface area contributed by atoms with Crippen molar-refractivity contribution < 1.29 is 19.5 Å². The molecule has 0 atom stereocenters. The highest BCUT2D eigenvalue weighted by Crippen LogP contribution is 2.21. The summed E-state index contributed by atoms with van der Waals surface area (Å²) in [7, 11) is 1.46.